The molecule has 1 aromatic rings. The van der Waals surface area contributed by atoms with Gasteiger partial charge in [-0.25, -0.2) is 14.8 Å². The molecule has 8 nitrogen and oxygen atoms in total. The van der Waals surface area contributed by atoms with Crippen molar-refractivity contribution in [2.75, 3.05) is 44.2 Å². The minimum atomic E-state index is -5.08. The normalized spacial score (nSPS) is 21.1. The number of carbonyl (C=O) groups is 2. The average molecular weight is 457 g/mol. The summed E-state index contributed by atoms with van der Waals surface area (Å²) in [6.45, 7) is 8.24. The van der Waals surface area contributed by atoms with E-state index in [9.17, 15) is 18.0 Å². The molecule has 1 aromatic heterocycles. The van der Waals surface area contributed by atoms with Crippen LogP contribution in [0.5, 0.6) is 0 Å². The zero-order valence-electron chi connectivity index (χ0n) is 18.3. The quantitative estimate of drug-likeness (QED) is 0.743. The van der Waals surface area contributed by atoms with E-state index in [0.29, 0.717) is 5.91 Å². The predicted molar refractivity (Wildman–Crippen MR) is 111 cm³/mol. The number of piperidine rings is 1. The number of aromatic nitrogens is 2. The third kappa shape index (κ3) is 5.87. The summed E-state index contributed by atoms with van der Waals surface area (Å²) in [5, 5.41) is 7.12. The maximum absolute atomic E-state index is 12.5. The van der Waals surface area contributed by atoms with Crippen molar-refractivity contribution in [3.8, 4) is 0 Å². The molecule has 3 aliphatic heterocycles. The summed E-state index contributed by atoms with van der Waals surface area (Å²) >= 11 is 0. The summed E-state index contributed by atoms with van der Waals surface area (Å²) in [5.74, 6) is -1.57. The van der Waals surface area contributed by atoms with Gasteiger partial charge in [-0.1, -0.05) is 0 Å². The number of hydrogen-bond donors (Lipinski definition) is 1. The second-order valence-electron chi connectivity index (χ2n) is 8.67. The third-order valence-corrected chi connectivity index (χ3v) is 6.50. The molecule has 0 bridgehead atoms. The van der Waals surface area contributed by atoms with Gasteiger partial charge in [0.15, 0.2) is 0 Å². The van der Waals surface area contributed by atoms with Gasteiger partial charge >= 0.3 is 12.1 Å². The number of amides is 1. The number of carboxylic acid groups (broad SMARTS) is 1. The SMILES string of the molecule is Cc1cnc(N2CCC3(CCC(=O)N3CCN3CCCC3)CC2)nc1.O=C(O)C(F)(F)F. The molecular formula is C21H30F3N5O3. The molecular weight excluding hydrogens is 427 g/mol. The molecule has 0 unspecified atom stereocenters. The Morgan fingerprint density at radius 3 is 2.16 bits per heavy atom. The van der Waals surface area contributed by atoms with Crippen molar-refractivity contribution >= 4 is 17.8 Å². The van der Waals surface area contributed by atoms with Gasteiger partial charge in [0.2, 0.25) is 11.9 Å². The van der Waals surface area contributed by atoms with Gasteiger partial charge in [-0.05, 0) is 57.7 Å². The molecule has 1 N–H and O–H groups in total. The lowest BCUT2D eigenvalue weighted by molar-refractivity contribution is -0.192. The van der Waals surface area contributed by atoms with E-state index in [4.69, 9.17) is 9.90 Å². The summed E-state index contributed by atoms with van der Waals surface area (Å²) in [7, 11) is 0. The number of alkyl halides is 3. The summed E-state index contributed by atoms with van der Waals surface area (Å²) in [5.41, 5.74) is 1.17. The van der Waals surface area contributed by atoms with Crippen LogP contribution in [0.4, 0.5) is 19.1 Å². The number of likely N-dealkylation sites (tertiary alicyclic amines) is 2. The van der Waals surface area contributed by atoms with Gasteiger partial charge in [-0.2, -0.15) is 13.2 Å². The highest BCUT2D eigenvalue weighted by Crippen LogP contribution is 2.39. The molecule has 32 heavy (non-hydrogen) atoms. The standard InChI is InChI=1S/C19H29N5O.C2HF3O2/c1-16-14-20-18(21-15-16)23-10-6-19(7-11-23)5-4-17(25)24(19)13-12-22-8-2-3-9-22;3-2(4,5)1(6)7/h14-15H,2-13H2,1H3;(H,6,7). The van der Waals surface area contributed by atoms with Crippen LogP contribution >= 0.6 is 0 Å². The van der Waals surface area contributed by atoms with E-state index in [-0.39, 0.29) is 5.54 Å². The lowest BCUT2D eigenvalue weighted by Crippen LogP contribution is -2.55. The van der Waals surface area contributed by atoms with Crippen LogP contribution in [0.1, 0.15) is 44.1 Å². The monoisotopic (exact) mass is 457 g/mol. The van der Waals surface area contributed by atoms with Crippen molar-refractivity contribution in [2.24, 2.45) is 0 Å². The first kappa shape index (κ1) is 24.2. The predicted octanol–water partition coefficient (Wildman–Crippen LogP) is 2.48. The first-order valence-corrected chi connectivity index (χ1v) is 11.0. The highest BCUT2D eigenvalue weighted by Gasteiger charge is 2.47. The van der Waals surface area contributed by atoms with Gasteiger partial charge in [-0.3, -0.25) is 4.79 Å². The molecule has 0 aromatic carbocycles. The van der Waals surface area contributed by atoms with Crippen LogP contribution in [0.2, 0.25) is 0 Å². The fraction of sp³-hybridized carbons (Fsp3) is 0.714. The van der Waals surface area contributed by atoms with Crippen LogP contribution < -0.4 is 4.90 Å². The summed E-state index contributed by atoms with van der Waals surface area (Å²) < 4.78 is 31.7. The molecule has 178 valence electrons. The Morgan fingerprint density at radius 2 is 1.62 bits per heavy atom. The fourth-order valence-corrected chi connectivity index (χ4v) is 4.68. The molecule has 0 saturated carbocycles. The molecule has 4 rings (SSSR count). The number of anilines is 1. The smallest absolute Gasteiger partial charge is 0.475 e. The number of aliphatic carboxylic acids is 1. The number of aryl methyl sites for hydroxylation is 1. The van der Waals surface area contributed by atoms with Crippen molar-refractivity contribution in [1.82, 2.24) is 19.8 Å². The lowest BCUT2D eigenvalue weighted by Gasteiger charge is -2.45. The van der Waals surface area contributed by atoms with Gasteiger partial charge < -0.3 is 19.8 Å². The van der Waals surface area contributed by atoms with Crippen molar-refractivity contribution in [2.45, 2.75) is 57.2 Å². The number of carbonyl (C=O) groups excluding carboxylic acids is 1. The lowest BCUT2D eigenvalue weighted by atomic mass is 9.85. The maximum Gasteiger partial charge on any atom is 0.490 e. The first-order valence-electron chi connectivity index (χ1n) is 11.0. The summed E-state index contributed by atoms with van der Waals surface area (Å²) in [4.78, 5) is 37.3. The van der Waals surface area contributed by atoms with Crippen LogP contribution in [0, 0.1) is 6.92 Å². The molecule has 1 amide bonds. The third-order valence-electron chi connectivity index (χ3n) is 6.50. The van der Waals surface area contributed by atoms with Crippen LogP contribution in [0.15, 0.2) is 12.4 Å². The van der Waals surface area contributed by atoms with Crippen LogP contribution in [-0.2, 0) is 9.59 Å². The molecule has 3 aliphatic rings. The Kier molecular flexibility index (Phi) is 7.58. The topological polar surface area (TPSA) is 89.9 Å². The van der Waals surface area contributed by atoms with E-state index in [2.05, 4.69) is 24.7 Å². The van der Waals surface area contributed by atoms with Crippen LogP contribution in [0.25, 0.3) is 0 Å². The Labute approximate surface area is 185 Å². The Bertz CT molecular complexity index is 789. The Hall–Kier alpha value is -2.43. The zero-order chi connectivity index (χ0) is 23.4. The molecule has 3 fully saturated rings. The highest BCUT2D eigenvalue weighted by molar-refractivity contribution is 5.79. The molecule has 0 atom stereocenters. The molecule has 11 heteroatoms. The number of carboxylic acids is 1. The van der Waals surface area contributed by atoms with E-state index in [1.54, 1.807) is 0 Å². The van der Waals surface area contributed by atoms with E-state index in [0.717, 1.165) is 63.4 Å². The Morgan fingerprint density at radius 1 is 1.06 bits per heavy atom. The average Bonchev–Trinajstić information content (AvgIpc) is 3.36. The second kappa shape index (κ2) is 10.0. The van der Waals surface area contributed by atoms with Gasteiger partial charge in [0.25, 0.3) is 0 Å². The second-order valence-corrected chi connectivity index (χ2v) is 8.67. The summed E-state index contributed by atoms with van der Waals surface area (Å²) in [6, 6.07) is 0. The number of hydrogen-bond acceptors (Lipinski definition) is 6. The minimum Gasteiger partial charge on any atom is -0.475 e. The van der Waals surface area contributed by atoms with Gasteiger partial charge in [0.05, 0.1) is 0 Å². The zero-order valence-corrected chi connectivity index (χ0v) is 18.3. The number of halogens is 3. The van der Waals surface area contributed by atoms with E-state index in [1.165, 1.54) is 25.9 Å². The van der Waals surface area contributed by atoms with Crippen molar-refractivity contribution in [1.29, 1.82) is 0 Å². The first-order chi connectivity index (χ1) is 15.1. The van der Waals surface area contributed by atoms with Crippen molar-refractivity contribution < 1.29 is 27.9 Å². The maximum atomic E-state index is 12.5. The molecule has 3 saturated heterocycles. The van der Waals surface area contributed by atoms with E-state index >= 15 is 0 Å². The van der Waals surface area contributed by atoms with Gasteiger partial charge in [-0.15, -0.1) is 0 Å². The van der Waals surface area contributed by atoms with Crippen molar-refractivity contribution in [3.05, 3.63) is 18.0 Å². The molecule has 0 radical (unpaired) electrons. The van der Waals surface area contributed by atoms with Crippen LogP contribution in [-0.4, -0.2) is 87.7 Å². The van der Waals surface area contributed by atoms with Crippen molar-refractivity contribution in [3.63, 3.8) is 0 Å². The largest absolute Gasteiger partial charge is 0.490 e. The Balaban J connectivity index is 0.000000360. The number of nitrogens with zero attached hydrogens (tertiary/aromatic N) is 5. The summed E-state index contributed by atoms with van der Waals surface area (Å²) in [6.07, 6.45) is 5.12. The van der Waals surface area contributed by atoms with Gasteiger partial charge in [0, 0.05) is 50.5 Å². The molecule has 4 heterocycles. The minimum absolute atomic E-state index is 0.0814. The fourth-order valence-electron chi connectivity index (χ4n) is 4.68. The van der Waals surface area contributed by atoms with E-state index < -0.39 is 12.1 Å². The van der Waals surface area contributed by atoms with Crippen LogP contribution in [0.3, 0.4) is 0 Å². The highest BCUT2D eigenvalue weighted by atomic mass is 19.4. The molecule has 1 spiro atoms. The van der Waals surface area contributed by atoms with Gasteiger partial charge in [0.1, 0.15) is 0 Å². The van der Waals surface area contributed by atoms with E-state index in [1.807, 2.05) is 19.3 Å². The molecule has 0 aliphatic carbocycles. The number of rotatable bonds is 4.